The molecule has 0 bridgehead atoms. The Balaban J connectivity index is 2.99. The summed E-state index contributed by atoms with van der Waals surface area (Å²) in [5.74, 6) is 0. The Morgan fingerprint density at radius 3 is 1.60 bits per heavy atom. The van der Waals surface area contributed by atoms with Gasteiger partial charge in [0.15, 0.2) is 7.53 Å². The lowest BCUT2D eigenvalue weighted by Gasteiger charge is -2.01. The normalized spacial score (nSPS) is 12.4. The average molecular weight is 380 g/mol. The fourth-order valence-corrected chi connectivity index (χ4v) is 0.826. The van der Waals surface area contributed by atoms with E-state index in [0.717, 1.165) is 0 Å². The fourth-order valence-electron chi connectivity index (χ4n) is 0.198. The van der Waals surface area contributed by atoms with Crippen LogP contribution in [0, 0.1) is 5.53 Å². The van der Waals surface area contributed by atoms with E-state index in [1.165, 1.54) is 0 Å². The smallest absolute Gasteiger partial charge is 0.155 e. The fraction of sp³-hybridized carbons (Fsp3) is 0. The number of nitrogens with zero attached hydrogens (tertiary/aromatic N) is 1. The highest BCUT2D eigenvalue weighted by Gasteiger charge is 2.01. The van der Waals surface area contributed by atoms with Crippen LogP contribution in [0.1, 0.15) is 0 Å². The van der Waals surface area contributed by atoms with Crippen LogP contribution in [0.4, 0.5) is 0 Å². The molecule has 2 unspecified atom stereocenters. The number of rotatable bonds is 16. The van der Waals surface area contributed by atoms with Crippen LogP contribution in [0.25, 0.3) is 0 Å². The molecular formula is H3N2O14P3S. The molecule has 0 heterocycles. The Morgan fingerprint density at radius 1 is 0.800 bits per heavy atom. The van der Waals surface area contributed by atoms with Gasteiger partial charge < -0.3 is 0 Å². The third-order valence-corrected chi connectivity index (χ3v) is 5.87. The van der Waals surface area contributed by atoms with Gasteiger partial charge in [0, 0.05) is 37.3 Å². The molecule has 0 aliphatic carbocycles. The predicted octanol–water partition coefficient (Wildman–Crippen LogP) is 1.57. The largest absolute Gasteiger partial charge is 0.168 e. The van der Waals surface area contributed by atoms with Crippen LogP contribution in [0.3, 0.4) is 0 Å². The summed E-state index contributed by atoms with van der Waals surface area (Å²) >= 11 is 4.59. The van der Waals surface area contributed by atoms with E-state index in [1.807, 2.05) is 0 Å². The maximum Gasteiger partial charge on any atom is 0.155 e. The van der Waals surface area contributed by atoms with Gasteiger partial charge in [-0.25, -0.2) is 0 Å². The van der Waals surface area contributed by atoms with E-state index in [0.29, 0.717) is 7.04 Å². The van der Waals surface area contributed by atoms with Crippen molar-refractivity contribution >= 4 is 35.3 Å². The van der Waals surface area contributed by atoms with Gasteiger partial charge in [-0.1, -0.05) is 8.93 Å². The summed E-state index contributed by atoms with van der Waals surface area (Å²) in [7, 11) is 1.66. The summed E-state index contributed by atoms with van der Waals surface area (Å²) in [6.07, 6.45) is 0. The van der Waals surface area contributed by atoms with Gasteiger partial charge in [-0.05, 0) is 42.0 Å². The maximum atomic E-state index is 6.04. The molecule has 0 aromatic heterocycles. The van der Waals surface area contributed by atoms with Crippen LogP contribution in [0.15, 0.2) is 5.28 Å². The van der Waals surface area contributed by atoms with E-state index in [1.54, 1.807) is 0 Å². The summed E-state index contributed by atoms with van der Waals surface area (Å²) in [5, 5.41) is 45.5. The summed E-state index contributed by atoms with van der Waals surface area (Å²) in [6.45, 7) is 0. The van der Waals surface area contributed by atoms with Crippen molar-refractivity contribution in [3.63, 3.8) is 0 Å². The Hall–Kier alpha value is 0.260. The van der Waals surface area contributed by atoms with Crippen molar-refractivity contribution in [1.29, 1.82) is 5.53 Å². The second kappa shape index (κ2) is 17.3. The third kappa shape index (κ3) is 16.3. The molecule has 0 saturated carbocycles. The molecule has 0 spiro atoms. The molecule has 2 atom stereocenters. The van der Waals surface area contributed by atoms with Crippen LogP contribution in [-0.2, 0) is 81.9 Å². The SMILES string of the molecule is N=NOOOOOOOOOOOOOOP(P)P=S. The molecule has 118 valence electrons. The highest BCUT2D eigenvalue weighted by molar-refractivity contribution is 8.53. The van der Waals surface area contributed by atoms with Gasteiger partial charge >= 0.3 is 0 Å². The second-order valence-corrected chi connectivity index (χ2v) is 8.21. The average Bonchev–Trinajstić information content (AvgIpc) is 2.47. The van der Waals surface area contributed by atoms with Crippen molar-refractivity contribution in [2.45, 2.75) is 0 Å². The van der Waals surface area contributed by atoms with E-state index in [2.05, 4.69) is 96.1 Å². The Labute approximate surface area is 117 Å². The number of hydrogen-bond acceptors (Lipinski definition) is 17. The van der Waals surface area contributed by atoms with Gasteiger partial charge in [0.1, 0.15) is 0 Å². The van der Waals surface area contributed by atoms with E-state index in [4.69, 9.17) is 5.53 Å². The van der Waals surface area contributed by atoms with Gasteiger partial charge in [0.05, 0.1) is 5.28 Å². The molecule has 0 radical (unpaired) electrons. The molecule has 0 aromatic rings. The van der Waals surface area contributed by atoms with E-state index >= 15 is 0 Å². The number of hydrogen-bond donors (Lipinski definition) is 1. The molecule has 20 heavy (non-hydrogen) atoms. The first-order valence-corrected chi connectivity index (χ1v) is 8.89. The zero-order valence-corrected chi connectivity index (χ0v) is 12.3. The van der Waals surface area contributed by atoms with Crippen molar-refractivity contribution in [1.82, 2.24) is 0 Å². The molecule has 0 rings (SSSR count). The standard InChI is InChI=1S/H3N2O14P3S/c1-2-3-4-5-6-7-8-9-10-11-12-13-14-15-16-19(17)18-20/h1H,17H2. The first kappa shape index (κ1) is 20.3. The monoisotopic (exact) mass is 380 g/mol. The van der Waals surface area contributed by atoms with E-state index in [-0.39, 0.29) is 0 Å². The van der Waals surface area contributed by atoms with Gasteiger partial charge in [-0.3, -0.25) is 0 Å². The lowest BCUT2D eigenvalue weighted by atomic mass is 13.1. The molecule has 16 nitrogen and oxygen atoms in total. The summed E-state index contributed by atoms with van der Waals surface area (Å²) < 4.78 is 4.43. The molecule has 0 saturated heterocycles. The van der Waals surface area contributed by atoms with Crippen molar-refractivity contribution in [2.24, 2.45) is 5.28 Å². The third-order valence-electron chi connectivity index (χ3n) is 0.561. The van der Waals surface area contributed by atoms with E-state index < -0.39 is 7.53 Å². The maximum absolute atomic E-state index is 6.04. The van der Waals surface area contributed by atoms with Crippen LogP contribution in [0.2, 0.25) is 0 Å². The lowest BCUT2D eigenvalue weighted by Crippen LogP contribution is -2.03. The van der Waals surface area contributed by atoms with Crippen molar-refractivity contribution < 1.29 is 70.1 Å². The zero-order chi connectivity index (χ0) is 14.9. The van der Waals surface area contributed by atoms with Crippen molar-refractivity contribution in [2.75, 3.05) is 0 Å². The van der Waals surface area contributed by atoms with Crippen LogP contribution < -0.4 is 0 Å². The van der Waals surface area contributed by atoms with Crippen LogP contribution >= 0.6 is 23.5 Å². The summed E-state index contributed by atoms with van der Waals surface area (Å²) in [4.78, 5) is 3.48. The predicted molar refractivity (Wildman–Crippen MR) is 51.3 cm³/mol. The second-order valence-electron chi connectivity index (χ2n) is 1.44. The van der Waals surface area contributed by atoms with Gasteiger partial charge in [0.25, 0.3) is 0 Å². The van der Waals surface area contributed by atoms with Gasteiger partial charge in [-0.2, -0.15) is 15.2 Å². The first-order valence-electron chi connectivity index (χ1n) is 3.40. The molecule has 0 aliphatic heterocycles. The number of nitrogens with one attached hydrogen (secondary N) is 1. The Kier molecular flexibility index (Phi) is 17.5. The zero-order valence-electron chi connectivity index (χ0n) is 8.54. The highest BCUT2D eigenvalue weighted by Crippen LogP contribution is 2.57. The molecular weight excluding hydrogens is 377 g/mol. The molecule has 0 aromatic carbocycles. The summed E-state index contributed by atoms with van der Waals surface area (Å²) in [6, 6.07) is 0. The molecule has 1 N–H and O–H groups in total. The molecule has 0 amide bonds. The molecule has 20 heteroatoms. The minimum Gasteiger partial charge on any atom is -0.168 e. The van der Waals surface area contributed by atoms with Crippen LogP contribution in [0.5, 0.6) is 0 Å². The first-order chi connectivity index (χ1) is 9.81. The van der Waals surface area contributed by atoms with E-state index in [9.17, 15) is 0 Å². The quantitative estimate of drug-likeness (QED) is 0.135. The van der Waals surface area contributed by atoms with Crippen LogP contribution in [-0.4, -0.2) is 0 Å². The Morgan fingerprint density at radius 2 is 1.20 bits per heavy atom. The van der Waals surface area contributed by atoms with Crippen molar-refractivity contribution in [3.8, 4) is 0 Å². The minimum atomic E-state index is -1.09. The van der Waals surface area contributed by atoms with Crippen molar-refractivity contribution in [3.05, 3.63) is 0 Å². The molecule has 0 aliphatic rings. The van der Waals surface area contributed by atoms with Gasteiger partial charge in [-0.15, -0.1) is 0 Å². The lowest BCUT2D eigenvalue weighted by molar-refractivity contribution is -0.874. The van der Waals surface area contributed by atoms with Gasteiger partial charge in [0.2, 0.25) is 0 Å². The highest BCUT2D eigenvalue weighted by atomic mass is 32.7. The Bertz CT molecular complexity index is 230. The topological polar surface area (TPSA) is 165 Å². The minimum absolute atomic E-state index is 0.504. The summed E-state index contributed by atoms with van der Waals surface area (Å²) in [5.41, 5.74) is 6.04. The molecule has 0 fully saturated rings.